The summed E-state index contributed by atoms with van der Waals surface area (Å²) in [6.45, 7) is 2.65. The number of hydrogen-bond donors (Lipinski definition) is 1. The highest BCUT2D eigenvalue weighted by atomic mass is 32.1. The molecule has 0 saturated heterocycles. The van der Waals surface area contributed by atoms with Crippen molar-refractivity contribution < 1.29 is 13.9 Å². The summed E-state index contributed by atoms with van der Waals surface area (Å²) in [6.07, 6.45) is 5.36. The first-order chi connectivity index (χ1) is 13.6. The fourth-order valence-corrected chi connectivity index (χ4v) is 4.88. The number of hydrogen-bond acceptors (Lipinski definition) is 5. The van der Waals surface area contributed by atoms with E-state index in [0.29, 0.717) is 24.8 Å². The maximum absolute atomic E-state index is 12.9. The van der Waals surface area contributed by atoms with E-state index in [2.05, 4.69) is 22.2 Å². The van der Waals surface area contributed by atoms with E-state index in [1.165, 1.54) is 28.9 Å². The van der Waals surface area contributed by atoms with Crippen molar-refractivity contribution in [2.45, 2.75) is 32.6 Å². The van der Waals surface area contributed by atoms with Crippen molar-refractivity contribution in [1.29, 1.82) is 0 Å². The molecule has 0 saturated carbocycles. The normalized spacial score (nSPS) is 16.0. The molecule has 0 bridgehead atoms. The minimum absolute atomic E-state index is 0.0868. The van der Waals surface area contributed by atoms with Crippen molar-refractivity contribution in [3.8, 4) is 5.88 Å². The highest BCUT2D eigenvalue weighted by Gasteiger charge is 2.23. The summed E-state index contributed by atoms with van der Waals surface area (Å²) in [4.78, 5) is 23.1. The number of aromatic nitrogens is 2. The van der Waals surface area contributed by atoms with Crippen molar-refractivity contribution in [2.24, 2.45) is 5.92 Å². The number of amides is 1. The lowest BCUT2D eigenvalue weighted by molar-refractivity contribution is -0.123. The summed E-state index contributed by atoms with van der Waals surface area (Å²) in [7, 11) is 0. The average Bonchev–Trinajstić information content (AvgIpc) is 3.06. The number of carbonyl (C=O) groups excluding carboxylic acids is 1. The van der Waals surface area contributed by atoms with Gasteiger partial charge in [-0.15, -0.1) is 11.3 Å². The van der Waals surface area contributed by atoms with Crippen LogP contribution in [0.1, 0.15) is 29.3 Å². The Hall–Kier alpha value is -2.54. The number of nitrogens with one attached hydrogen (secondary N) is 1. The van der Waals surface area contributed by atoms with E-state index in [1.54, 1.807) is 23.5 Å². The van der Waals surface area contributed by atoms with Crippen molar-refractivity contribution in [3.63, 3.8) is 0 Å². The Balaban J connectivity index is 1.36. The van der Waals surface area contributed by atoms with Crippen LogP contribution < -0.4 is 10.1 Å². The molecule has 7 heteroatoms. The van der Waals surface area contributed by atoms with Crippen LogP contribution in [0.5, 0.6) is 5.88 Å². The zero-order chi connectivity index (χ0) is 19.5. The second-order valence-electron chi connectivity index (χ2n) is 7.23. The molecule has 0 fully saturated rings. The number of halogens is 1. The quantitative estimate of drug-likeness (QED) is 0.687. The second kappa shape index (κ2) is 8.22. The molecular weight excluding hydrogens is 377 g/mol. The van der Waals surface area contributed by atoms with Gasteiger partial charge in [0.25, 0.3) is 5.91 Å². The monoisotopic (exact) mass is 399 g/mol. The summed E-state index contributed by atoms with van der Waals surface area (Å²) >= 11 is 1.71. The Morgan fingerprint density at radius 3 is 2.96 bits per heavy atom. The Morgan fingerprint density at radius 1 is 1.32 bits per heavy atom. The first-order valence-electron chi connectivity index (χ1n) is 9.49. The molecule has 1 N–H and O–H groups in total. The molecule has 3 aromatic rings. The summed E-state index contributed by atoms with van der Waals surface area (Å²) < 4.78 is 18.7. The van der Waals surface area contributed by atoms with Gasteiger partial charge < -0.3 is 10.1 Å². The Morgan fingerprint density at radius 2 is 2.14 bits per heavy atom. The molecule has 1 atom stereocenters. The summed E-state index contributed by atoms with van der Waals surface area (Å²) in [6, 6.07) is 6.28. The van der Waals surface area contributed by atoms with Gasteiger partial charge in [-0.05, 0) is 54.9 Å². The molecule has 2 heterocycles. The Bertz CT molecular complexity index is 987. The molecule has 2 aromatic heterocycles. The predicted molar refractivity (Wildman–Crippen MR) is 107 cm³/mol. The maximum Gasteiger partial charge on any atom is 0.258 e. The fraction of sp³-hybridized carbons (Fsp3) is 0.381. The molecule has 1 aromatic carbocycles. The van der Waals surface area contributed by atoms with Crippen LogP contribution in [-0.4, -0.2) is 29.0 Å². The van der Waals surface area contributed by atoms with Crippen molar-refractivity contribution in [1.82, 2.24) is 15.3 Å². The van der Waals surface area contributed by atoms with Crippen LogP contribution >= 0.6 is 11.3 Å². The van der Waals surface area contributed by atoms with Crippen molar-refractivity contribution in [3.05, 3.63) is 52.4 Å². The number of rotatable bonds is 6. The lowest BCUT2D eigenvalue weighted by Gasteiger charge is -2.18. The second-order valence-corrected chi connectivity index (χ2v) is 8.31. The van der Waals surface area contributed by atoms with Crippen LogP contribution in [-0.2, 0) is 24.1 Å². The standard InChI is InChI=1S/C21H22FN3O2S/c1-13-2-7-16-17(10-13)28-21-19(16)20(24-12-25-21)27-11-18(26)23-9-8-14-3-5-15(22)6-4-14/h3-6,12-13H,2,7-11H2,1H3,(H,23,26). The minimum Gasteiger partial charge on any atom is -0.467 e. The number of carbonyl (C=O) groups is 1. The molecule has 4 rings (SSSR count). The van der Waals surface area contributed by atoms with E-state index < -0.39 is 0 Å². The largest absolute Gasteiger partial charge is 0.467 e. The molecule has 28 heavy (non-hydrogen) atoms. The maximum atomic E-state index is 12.9. The first kappa shape index (κ1) is 18.8. The Labute approximate surface area is 167 Å². The number of nitrogens with zero attached hydrogens (tertiary/aromatic N) is 2. The van der Waals surface area contributed by atoms with Crippen LogP contribution in [0.4, 0.5) is 4.39 Å². The lowest BCUT2D eigenvalue weighted by atomic mass is 9.89. The van der Waals surface area contributed by atoms with Crippen LogP contribution in [0.3, 0.4) is 0 Å². The molecule has 0 spiro atoms. The van der Waals surface area contributed by atoms with Crippen LogP contribution in [0.2, 0.25) is 0 Å². The molecule has 1 aliphatic carbocycles. The van der Waals surface area contributed by atoms with Gasteiger partial charge in [0.2, 0.25) is 5.88 Å². The van der Waals surface area contributed by atoms with Gasteiger partial charge in [0.1, 0.15) is 17.0 Å². The predicted octanol–water partition coefficient (Wildman–Crippen LogP) is 3.69. The molecule has 0 radical (unpaired) electrons. The van der Waals surface area contributed by atoms with E-state index in [-0.39, 0.29) is 18.3 Å². The van der Waals surface area contributed by atoms with Gasteiger partial charge in [-0.25, -0.2) is 14.4 Å². The van der Waals surface area contributed by atoms with Gasteiger partial charge in [-0.2, -0.15) is 0 Å². The first-order valence-corrected chi connectivity index (χ1v) is 10.3. The molecule has 146 valence electrons. The van der Waals surface area contributed by atoms with Crippen LogP contribution in [0, 0.1) is 11.7 Å². The van der Waals surface area contributed by atoms with E-state index in [9.17, 15) is 9.18 Å². The van der Waals surface area contributed by atoms with Gasteiger partial charge in [0.05, 0.1) is 5.39 Å². The zero-order valence-corrected chi connectivity index (χ0v) is 16.5. The average molecular weight is 399 g/mol. The summed E-state index contributed by atoms with van der Waals surface area (Å²) in [5.41, 5.74) is 2.25. The van der Waals surface area contributed by atoms with Gasteiger partial charge >= 0.3 is 0 Å². The van der Waals surface area contributed by atoms with E-state index >= 15 is 0 Å². The summed E-state index contributed by atoms with van der Waals surface area (Å²) in [5.74, 6) is 0.713. The van der Waals surface area contributed by atoms with Gasteiger partial charge in [0.15, 0.2) is 6.61 Å². The summed E-state index contributed by atoms with van der Waals surface area (Å²) in [5, 5.41) is 3.79. The Kier molecular flexibility index (Phi) is 5.52. The third-order valence-corrected chi connectivity index (χ3v) is 6.21. The van der Waals surface area contributed by atoms with E-state index in [4.69, 9.17) is 4.74 Å². The molecule has 5 nitrogen and oxygen atoms in total. The van der Waals surface area contributed by atoms with Gasteiger partial charge in [0, 0.05) is 11.4 Å². The van der Waals surface area contributed by atoms with Crippen LogP contribution in [0.25, 0.3) is 10.2 Å². The third-order valence-electron chi connectivity index (χ3n) is 5.05. The number of thiophene rings is 1. The number of ether oxygens (including phenoxy) is 1. The molecular formula is C21H22FN3O2S. The van der Waals surface area contributed by atoms with Gasteiger partial charge in [-0.1, -0.05) is 19.1 Å². The number of benzene rings is 1. The van der Waals surface area contributed by atoms with Crippen LogP contribution in [0.15, 0.2) is 30.6 Å². The molecule has 1 aliphatic rings. The zero-order valence-electron chi connectivity index (χ0n) is 15.7. The van der Waals surface area contributed by atoms with E-state index in [1.807, 2.05) is 0 Å². The SMILES string of the molecule is CC1CCc2c(sc3ncnc(OCC(=O)NCCc4ccc(F)cc4)c23)C1. The van der Waals surface area contributed by atoms with Crippen molar-refractivity contribution in [2.75, 3.05) is 13.2 Å². The third kappa shape index (κ3) is 4.14. The molecule has 0 aliphatic heterocycles. The molecule has 1 unspecified atom stereocenters. The highest BCUT2D eigenvalue weighted by Crippen LogP contribution is 2.40. The lowest BCUT2D eigenvalue weighted by Crippen LogP contribution is -2.30. The minimum atomic E-state index is -0.262. The van der Waals surface area contributed by atoms with E-state index in [0.717, 1.165) is 35.0 Å². The topological polar surface area (TPSA) is 64.1 Å². The smallest absolute Gasteiger partial charge is 0.258 e. The fourth-order valence-electron chi connectivity index (χ4n) is 3.54. The number of fused-ring (bicyclic) bond motifs is 3. The number of aryl methyl sites for hydroxylation is 1. The van der Waals surface area contributed by atoms with Crippen molar-refractivity contribution >= 4 is 27.5 Å². The molecule has 1 amide bonds. The van der Waals surface area contributed by atoms with Gasteiger partial charge in [-0.3, -0.25) is 4.79 Å². The highest BCUT2D eigenvalue weighted by molar-refractivity contribution is 7.18.